The van der Waals surface area contributed by atoms with Crippen LogP contribution in [0.25, 0.3) is 32.7 Å². The average Bonchev–Trinajstić information content (AvgIpc) is 3.30. The van der Waals surface area contributed by atoms with Gasteiger partial charge in [0.15, 0.2) is 0 Å². The zero-order valence-electron chi connectivity index (χ0n) is 35.8. The first-order chi connectivity index (χ1) is 28.3. The van der Waals surface area contributed by atoms with E-state index in [1.54, 1.807) is 0 Å². The van der Waals surface area contributed by atoms with E-state index in [4.69, 9.17) is 0 Å². The Labute approximate surface area is 358 Å². The highest BCUT2D eigenvalue weighted by atomic mass is 14.2. The van der Waals surface area contributed by atoms with Crippen molar-refractivity contribution in [1.82, 2.24) is 0 Å². The molecule has 0 nitrogen and oxygen atoms in total. The molecule has 0 N–H and O–H groups in total. The van der Waals surface area contributed by atoms with Crippen molar-refractivity contribution in [2.75, 3.05) is 0 Å². The van der Waals surface area contributed by atoms with Crippen molar-refractivity contribution in [1.29, 1.82) is 0 Å². The summed E-state index contributed by atoms with van der Waals surface area (Å²) in [5.74, 6) is 3.12. The van der Waals surface area contributed by atoms with Crippen LogP contribution in [0.15, 0.2) is 206 Å². The third kappa shape index (κ3) is 14.6. The maximum atomic E-state index is 2.38. The molecule has 1 fully saturated rings. The molecular formula is C59H68. The maximum absolute atomic E-state index is 2.38. The fourth-order valence-electron chi connectivity index (χ4n) is 7.47. The Morgan fingerprint density at radius 2 is 0.644 bits per heavy atom. The smallest absolute Gasteiger partial charge is 0.0105 e. The number of benzene rings is 8. The highest BCUT2D eigenvalue weighted by molar-refractivity contribution is 6.07. The lowest BCUT2D eigenvalue weighted by Gasteiger charge is -2.24. The van der Waals surface area contributed by atoms with Gasteiger partial charge in [-0.3, -0.25) is 0 Å². The fourth-order valence-corrected chi connectivity index (χ4v) is 7.47. The van der Waals surface area contributed by atoms with E-state index < -0.39 is 0 Å². The van der Waals surface area contributed by atoms with E-state index >= 15 is 0 Å². The molecule has 0 heteroatoms. The van der Waals surface area contributed by atoms with Gasteiger partial charge in [-0.2, -0.15) is 0 Å². The molecule has 4 unspecified atom stereocenters. The van der Waals surface area contributed by atoms with E-state index in [-0.39, 0.29) is 7.43 Å². The van der Waals surface area contributed by atoms with Crippen LogP contribution in [0, 0.1) is 25.7 Å². The molecule has 8 aromatic rings. The largest absolute Gasteiger partial charge is 0.0776 e. The van der Waals surface area contributed by atoms with Gasteiger partial charge in [-0.15, -0.1) is 0 Å². The summed E-state index contributed by atoms with van der Waals surface area (Å²) in [6, 6.07) is 72.0. The molecule has 59 heavy (non-hydrogen) atoms. The lowest BCUT2D eigenvalue weighted by Crippen LogP contribution is -2.12. The van der Waals surface area contributed by atoms with Crippen LogP contribution in [0.4, 0.5) is 0 Å². The first-order valence-corrected chi connectivity index (χ1v) is 21.4. The quantitative estimate of drug-likeness (QED) is 0.156. The molecule has 4 atom stereocenters. The number of aryl methyl sites for hydroxylation is 2. The summed E-state index contributed by atoms with van der Waals surface area (Å²) in [6.45, 7) is 13.6. The second-order valence-electron chi connectivity index (χ2n) is 16.0. The van der Waals surface area contributed by atoms with Crippen LogP contribution < -0.4 is 0 Å². The Bertz CT molecular complexity index is 2140. The first-order valence-electron chi connectivity index (χ1n) is 21.4. The molecule has 0 radical (unpaired) electrons. The minimum Gasteiger partial charge on any atom is -0.0776 e. The maximum Gasteiger partial charge on any atom is -0.0105 e. The number of hydrogen-bond acceptors (Lipinski definition) is 0. The number of rotatable bonds is 4. The molecule has 0 bridgehead atoms. The van der Waals surface area contributed by atoms with Crippen LogP contribution in [-0.2, 0) is 0 Å². The molecule has 0 aromatic heterocycles. The molecule has 0 aliphatic heterocycles. The average molecular weight is 777 g/mol. The van der Waals surface area contributed by atoms with E-state index in [1.807, 2.05) is 12.1 Å². The standard InChI is InChI=1S/C16H18.C14H10.C12H10.C8H16.C8H10.CH4/c1-13(15-9-5-3-6-10-15)14(2)16-11-7-4-8-12-16;1-3-7-13-11(5-1)9-10-12-6-2-4-8-14(12)13;1-3-7-11(8-4-1)12-9-5-2-6-10-12;2*1-7-5-3-4-6-8(7)2;/h3-14H,1-2H3;1-10H;1-10H;7-8H,3-6H2,1-2H3;3-6H,1-2H3;1H4. The summed E-state index contributed by atoms with van der Waals surface area (Å²) in [7, 11) is 0. The normalized spacial score (nSPS) is 15.1. The van der Waals surface area contributed by atoms with Crippen molar-refractivity contribution in [2.24, 2.45) is 11.8 Å². The minimum atomic E-state index is 0. The van der Waals surface area contributed by atoms with E-state index in [2.05, 4.69) is 236 Å². The van der Waals surface area contributed by atoms with Crippen molar-refractivity contribution < 1.29 is 0 Å². The summed E-state index contributed by atoms with van der Waals surface area (Å²) in [5, 5.41) is 5.30. The molecule has 9 rings (SSSR count). The van der Waals surface area contributed by atoms with E-state index in [1.165, 1.54) is 80.6 Å². The van der Waals surface area contributed by atoms with Gasteiger partial charge < -0.3 is 0 Å². The topological polar surface area (TPSA) is 0 Å². The van der Waals surface area contributed by atoms with Crippen molar-refractivity contribution in [3.63, 3.8) is 0 Å². The predicted octanol–water partition coefficient (Wildman–Crippen LogP) is 17.7. The van der Waals surface area contributed by atoms with Crippen LogP contribution in [-0.4, -0.2) is 0 Å². The van der Waals surface area contributed by atoms with E-state index in [9.17, 15) is 0 Å². The van der Waals surface area contributed by atoms with Crippen LogP contribution in [0.3, 0.4) is 0 Å². The predicted molar refractivity (Wildman–Crippen MR) is 262 cm³/mol. The molecule has 0 heterocycles. The van der Waals surface area contributed by atoms with Gasteiger partial charge >= 0.3 is 0 Å². The van der Waals surface area contributed by atoms with Crippen molar-refractivity contribution in [3.8, 4) is 11.1 Å². The molecule has 1 saturated carbocycles. The zero-order chi connectivity index (χ0) is 41.0. The van der Waals surface area contributed by atoms with Gasteiger partial charge in [0.25, 0.3) is 0 Å². The molecule has 1 aliphatic carbocycles. The Morgan fingerprint density at radius 3 is 0.966 bits per heavy atom. The van der Waals surface area contributed by atoms with Gasteiger partial charge in [0.1, 0.15) is 0 Å². The van der Waals surface area contributed by atoms with Gasteiger partial charge in [0.05, 0.1) is 0 Å². The van der Waals surface area contributed by atoms with Crippen LogP contribution in [0.2, 0.25) is 0 Å². The molecular weight excluding hydrogens is 709 g/mol. The van der Waals surface area contributed by atoms with Crippen LogP contribution in [0.1, 0.15) is 94.9 Å². The molecule has 304 valence electrons. The Kier molecular flexibility index (Phi) is 19.4. The third-order valence-electron chi connectivity index (χ3n) is 11.9. The van der Waals surface area contributed by atoms with Crippen molar-refractivity contribution in [2.45, 2.75) is 86.5 Å². The summed E-state index contributed by atoms with van der Waals surface area (Å²) in [4.78, 5) is 0. The van der Waals surface area contributed by atoms with Crippen LogP contribution >= 0.6 is 0 Å². The summed E-state index contributed by atoms with van der Waals surface area (Å²) in [5.41, 5.74) is 8.12. The van der Waals surface area contributed by atoms with Gasteiger partial charge in [-0.1, -0.05) is 267 Å². The van der Waals surface area contributed by atoms with Gasteiger partial charge in [-0.05, 0) is 92.4 Å². The highest BCUT2D eigenvalue weighted by Gasteiger charge is 2.16. The van der Waals surface area contributed by atoms with Gasteiger partial charge in [-0.25, -0.2) is 0 Å². The third-order valence-corrected chi connectivity index (χ3v) is 11.9. The Morgan fingerprint density at radius 1 is 0.356 bits per heavy atom. The van der Waals surface area contributed by atoms with Gasteiger partial charge in [0, 0.05) is 0 Å². The monoisotopic (exact) mass is 777 g/mol. The second-order valence-corrected chi connectivity index (χ2v) is 16.0. The molecule has 0 saturated heterocycles. The summed E-state index contributed by atoms with van der Waals surface area (Å²) < 4.78 is 0. The molecule has 0 amide bonds. The van der Waals surface area contributed by atoms with E-state index in [0.717, 1.165) is 11.8 Å². The summed E-state index contributed by atoms with van der Waals surface area (Å²) >= 11 is 0. The summed E-state index contributed by atoms with van der Waals surface area (Å²) in [6.07, 6.45) is 5.90. The van der Waals surface area contributed by atoms with Crippen LogP contribution in [0.5, 0.6) is 0 Å². The Hall–Kier alpha value is -5.72. The first kappa shape index (κ1) is 46.0. The van der Waals surface area contributed by atoms with Crippen molar-refractivity contribution in [3.05, 3.63) is 229 Å². The molecule has 8 aromatic carbocycles. The number of fused-ring (bicyclic) bond motifs is 3. The lowest BCUT2D eigenvalue weighted by molar-refractivity contribution is 0.277. The minimum absolute atomic E-state index is 0. The second kappa shape index (κ2) is 24.9. The van der Waals surface area contributed by atoms with Crippen molar-refractivity contribution >= 4 is 21.5 Å². The highest BCUT2D eigenvalue weighted by Crippen LogP contribution is 2.32. The fraction of sp³-hybridized carbons (Fsp3) is 0.254. The SMILES string of the molecule is C.CC(c1ccccc1)C(C)c1ccccc1.CC1CCCCC1C.Cc1ccccc1C.c1ccc(-c2ccccc2)cc1.c1ccc2c(c1)ccc1ccccc12. The van der Waals surface area contributed by atoms with Gasteiger partial charge in [0.2, 0.25) is 0 Å². The number of hydrogen-bond donors (Lipinski definition) is 0. The Balaban J connectivity index is 0.000000166. The lowest BCUT2D eigenvalue weighted by atomic mass is 9.82. The molecule has 1 aliphatic rings. The molecule has 0 spiro atoms. The van der Waals surface area contributed by atoms with E-state index in [0.29, 0.717) is 11.8 Å². The zero-order valence-corrected chi connectivity index (χ0v) is 35.8.